The molecule has 1 atom stereocenters. The second-order valence-electron chi connectivity index (χ2n) is 5.99. The Bertz CT molecular complexity index is 586. The molecule has 21 heavy (non-hydrogen) atoms. The van der Waals surface area contributed by atoms with Crippen molar-refractivity contribution in [3.05, 3.63) is 51.5 Å². The minimum Gasteiger partial charge on any atom is -0.306 e. The first kappa shape index (κ1) is 14.7. The molecule has 1 aromatic heterocycles. The van der Waals surface area contributed by atoms with Crippen LogP contribution in [0.4, 0.5) is 0 Å². The molecule has 1 fully saturated rings. The molecule has 3 heteroatoms. The fourth-order valence-corrected chi connectivity index (χ4v) is 3.88. The molecular formula is C18H24N2S. The molecule has 0 amide bonds. The summed E-state index contributed by atoms with van der Waals surface area (Å²) >= 11 is 1.76. The fourth-order valence-electron chi connectivity index (χ4n) is 2.97. The first-order valence-electron chi connectivity index (χ1n) is 8.02. The second-order valence-corrected chi connectivity index (χ2v) is 6.87. The van der Waals surface area contributed by atoms with Crippen molar-refractivity contribution in [2.24, 2.45) is 0 Å². The topological polar surface area (TPSA) is 24.9 Å². The van der Waals surface area contributed by atoms with E-state index in [4.69, 9.17) is 0 Å². The van der Waals surface area contributed by atoms with Gasteiger partial charge < -0.3 is 5.32 Å². The van der Waals surface area contributed by atoms with Crippen molar-refractivity contribution in [2.75, 3.05) is 6.54 Å². The van der Waals surface area contributed by atoms with Gasteiger partial charge in [0.2, 0.25) is 0 Å². The zero-order chi connectivity index (χ0) is 14.7. The van der Waals surface area contributed by atoms with Crippen molar-refractivity contribution in [1.29, 1.82) is 0 Å². The van der Waals surface area contributed by atoms with Gasteiger partial charge in [-0.2, -0.15) is 0 Å². The number of nitrogens with one attached hydrogen (secondary N) is 1. The molecular weight excluding hydrogens is 276 g/mol. The molecule has 0 radical (unpaired) electrons. The third kappa shape index (κ3) is 3.19. The summed E-state index contributed by atoms with van der Waals surface area (Å²) in [5.41, 5.74) is 6.02. The van der Waals surface area contributed by atoms with E-state index in [1.807, 2.05) is 5.51 Å². The Morgan fingerprint density at radius 2 is 2.24 bits per heavy atom. The summed E-state index contributed by atoms with van der Waals surface area (Å²) in [6.07, 6.45) is 5.25. The minimum atomic E-state index is 0.289. The van der Waals surface area contributed by atoms with Gasteiger partial charge in [-0.25, -0.2) is 4.98 Å². The molecule has 1 saturated carbocycles. The quantitative estimate of drug-likeness (QED) is 0.828. The largest absolute Gasteiger partial charge is 0.306 e. The lowest BCUT2D eigenvalue weighted by molar-refractivity contribution is 0.419. The lowest BCUT2D eigenvalue weighted by Gasteiger charge is -2.27. The van der Waals surface area contributed by atoms with E-state index in [0.29, 0.717) is 0 Å². The average molecular weight is 300 g/mol. The summed E-state index contributed by atoms with van der Waals surface area (Å²) in [7, 11) is 0. The highest BCUT2D eigenvalue weighted by Gasteiger charge is 2.22. The lowest BCUT2D eigenvalue weighted by Crippen LogP contribution is -2.23. The van der Waals surface area contributed by atoms with Gasteiger partial charge in [-0.3, -0.25) is 0 Å². The second kappa shape index (κ2) is 6.71. The lowest BCUT2D eigenvalue weighted by atomic mass is 9.79. The molecule has 112 valence electrons. The molecule has 0 aliphatic heterocycles. The number of nitrogens with zero attached hydrogens (tertiary/aromatic N) is 1. The highest BCUT2D eigenvalue weighted by molar-refractivity contribution is 7.09. The van der Waals surface area contributed by atoms with E-state index in [9.17, 15) is 0 Å². The van der Waals surface area contributed by atoms with Crippen LogP contribution in [0.25, 0.3) is 0 Å². The monoisotopic (exact) mass is 300 g/mol. The van der Waals surface area contributed by atoms with Crippen LogP contribution in [0.2, 0.25) is 0 Å². The Morgan fingerprint density at radius 3 is 2.86 bits per heavy atom. The molecule has 1 N–H and O–H groups in total. The molecule has 3 rings (SSSR count). The van der Waals surface area contributed by atoms with Gasteiger partial charge in [-0.15, -0.1) is 11.3 Å². The fraction of sp³-hybridized carbons (Fsp3) is 0.500. The number of aryl methyl sites for hydroxylation is 1. The number of hydrogen-bond donors (Lipinski definition) is 1. The van der Waals surface area contributed by atoms with Crippen LogP contribution in [0.3, 0.4) is 0 Å². The summed E-state index contributed by atoms with van der Waals surface area (Å²) in [6.45, 7) is 5.37. The number of aromatic nitrogens is 1. The highest BCUT2D eigenvalue weighted by atomic mass is 32.1. The zero-order valence-corrected chi connectivity index (χ0v) is 13.7. The van der Waals surface area contributed by atoms with Crippen molar-refractivity contribution in [2.45, 2.75) is 51.5 Å². The van der Waals surface area contributed by atoms with Crippen LogP contribution in [0.1, 0.15) is 66.3 Å². The third-order valence-corrected chi connectivity index (χ3v) is 5.46. The Balaban J connectivity index is 1.90. The van der Waals surface area contributed by atoms with E-state index in [1.165, 1.54) is 35.3 Å². The Labute approximate surface area is 131 Å². The van der Waals surface area contributed by atoms with Crippen molar-refractivity contribution < 1.29 is 0 Å². The zero-order valence-electron chi connectivity index (χ0n) is 12.9. The maximum absolute atomic E-state index is 4.43. The van der Waals surface area contributed by atoms with Crippen LogP contribution in [0, 0.1) is 6.92 Å². The average Bonchev–Trinajstić information content (AvgIpc) is 2.84. The van der Waals surface area contributed by atoms with E-state index >= 15 is 0 Å². The summed E-state index contributed by atoms with van der Waals surface area (Å²) < 4.78 is 0. The maximum atomic E-state index is 4.43. The van der Waals surface area contributed by atoms with Gasteiger partial charge in [0.05, 0.1) is 17.2 Å². The van der Waals surface area contributed by atoms with Crippen molar-refractivity contribution in [3.8, 4) is 0 Å². The van der Waals surface area contributed by atoms with Gasteiger partial charge >= 0.3 is 0 Å². The van der Waals surface area contributed by atoms with E-state index in [-0.39, 0.29) is 6.04 Å². The summed E-state index contributed by atoms with van der Waals surface area (Å²) in [4.78, 5) is 5.79. The molecule has 1 aromatic carbocycles. The van der Waals surface area contributed by atoms with Crippen LogP contribution < -0.4 is 5.32 Å². The minimum absolute atomic E-state index is 0.289. The molecule has 0 spiro atoms. The number of hydrogen-bond acceptors (Lipinski definition) is 3. The molecule has 2 nitrogen and oxygen atoms in total. The van der Waals surface area contributed by atoms with Crippen LogP contribution >= 0.6 is 11.3 Å². The third-order valence-electron chi connectivity index (χ3n) is 4.46. The van der Waals surface area contributed by atoms with E-state index in [1.54, 1.807) is 11.3 Å². The highest BCUT2D eigenvalue weighted by Crippen LogP contribution is 2.38. The number of benzene rings is 1. The van der Waals surface area contributed by atoms with Crippen LogP contribution in [0.15, 0.2) is 29.8 Å². The summed E-state index contributed by atoms with van der Waals surface area (Å²) in [6, 6.07) is 9.48. The molecule has 1 aliphatic rings. The van der Waals surface area contributed by atoms with Crippen molar-refractivity contribution >= 4 is 11.3 Å². The molecule has 1 heterocycles. The van der Waals surface area contributed by atoms with E-state index < -0.39 is 0 Å². The standard InChI is InChI=1S/C18H24N2S/c1-3-10-19-17(18-13(2)20-12-21-18)16-9-5-8-15(11-16)14-6-4-7-14/h5,8-9,11-12,14,17,19H,3-4,6-7,10H2,1-2H3. The maximum Gasteiger partial charge on any atom is 0.0798 e. The first-order chi connectivity index (χ1) is 10.3. The predicted molar refractivity (Wildman–Crippen MR) is 90.0 cm³/mol. The van der Waals surface area contributed by atoms with Gasteiger partial charge in [0.25, 0.3) is 0 Å². The number of thiazole rings is 1. The van der Waals surface area contributed by atoms with Crippen LogP contribution in [-0.4, -0.2) is 11.5 Å². The summed E-state index contributed by atoms with van der Waals surface area (Å²) in [5, 5.41) is 3.70. The molecule has 2 aromatic rings. The van der Waals surface area contributed by atoms with Crippen molar-refractivity contribution in [3.63, 3.8) is 0 Å². The van der Waals surface area contributed by atoms with E-state index in [0.717, 1.165) is 24.6 Å². The first-order valence-corrected chi connectivity index (χ1v) is 8.90. The SMILES string of the molecule is CCCNC(c1cccc(C2CCC2)c1)c1scnc1C. The van der Waals surface area contributed by atoms with Gasteiger partial charge in [-0.05, 0) is 49.8 Å². The molecule has 1 unspecified atom stereocenters. The van der Waals surface area contributed by atoms with Crippen molar-refractivity contribution in [1.82, 2.24) is 10.3 Å². The Morgan fingerprint density at radius 1 is 1.38 bits per heavy atom. The van der Waals surface area contributed by atoms with E-state index in [2.05, 4.69) is 48.4 Å². The van der Waals surface area contributed by atoms with Gasteiger partial charge in [-0.1, -0.05) is 37.6 Å². The van der Waals surface area contributed by atoms with Gasteiger partial charge in [0.15, 0.2) is 0 Å². The smallest absolute Gasteiger partial charge is 0.0798 e. The van der Waals surface area contributed by atoms with Crippen LogP contribution in [0.5, 0.6) is 0 Å². The number of rotatable bonds is 6. The predicted octanol–water partition coefficient (Wildman–Crippen LogP) is 4.81. The summed E-state index contributed by atoms with van der Waals surface area (Å²) in [5.74, 6) is 0.791. The Hall–Kier alpha value is -1.19. The normalized spacial score (nSPS) is 16.7. The Kier molecular flexibility index (Phi) is 4.71. The molecule has 0 saturated heterocycles. The molecule has 1 aliphatic carbocycles. The van der Waals surface area contributed by atoms with Gasteiger partial charge in [0, 0.05) is 4.88 Å². The van der Waals surface area contributed by atoms with Gasteiger partial charge in [0.1, 0.15) is 0 Å². The van der Waals surface area contributed by atoms with Crippen LogP contribution in [-0.2, 0) is 0 Å². The molecule has 0 bridgehead atoms.